The second-order valence-electron chi connectivity index (χ2n) is 4.04. The van der Waals surface area contributed by atoms with E-state index in [0.29, 0.717) is 11.9 Å². The summed E-state index contributed by atoms with van der Waals surface area (Å²) in [6.07, 6.45) is -4.74. The molecule has 0 aliphatic rings. The van der Waals surface area contributed by atoms with Crippen LogP contribution < -0.4 is 4.74 Å². The predicted molar refractivity (Wildman–Crippen MR) is 61.8 cm³/mol. The lowest BCUT2D eigenvalue weighted by Gasteiger charge is -2.13. The molecule has 112 valence electrons. The Kier molecular flexibility index (Phi) is 3.83. The van der Waals surface area contributed by atoms with Crippen LogP contribution in [0.4, 0.5) is 13.2 Å². The number of rotatable bonds is 4. The minimum Gasteiger partial charge on any atom is -0.483 e. The van der Waals surface area contributed by atoms with Crippen LogP contribution in [0.1, 0.15) is 27.6 Å². The van der Waals surface area contributed by atoms with Crippen molar-refractivity contribution < 1.29 is 32.3 Å². The van der Waals surface area contributed by atoms with Gasteiger partial charge in [0, 0.05) is 0 Å². The summed E-state index contributed by atoms with van der Waals surface area (Å²) in [6, 6.07) is 2.47. The summed E-state index contributed by atoms with van der Waals surface area (Å²) in [5, 5.41) is 12.2. The number of carboxylic acids is 1. The molecule has 0 unspecified atom stereocenters. The van der Waals surface area contributed by atoms with Gasteiger partial charge in [0.05, 0.1) is 11.1 Å². The molecule has 21 heavy (non-hydrogen) atoms. The highest BCUT2D eigenvalue weighted by Gasteiger charge is 2.35. The number of carbonyl (C=O) groups is 1. The number of ether oxygens (including phenoxy) is 1. The molecule has 0 fully saturated rings. The van der Waals surface area contributed by atoms with Gasteiger partial charge in [-0.05, 0) is 25.1 Å². The first-order valence-electron chi connectivity index (χ1n) is 5.64. The van der Waals surface area contributed by atoms with Crippen molar-refractivity contribution in [3.05, 3.63) is 41.0 Å². The highest BCUT2D eigenvalue weighted by atomic mass is 19.4. The number of benzene rings is 1. The monoisotopic (exact) mass is 302 g/mol. The molecule has 6 nitrogen and oxygen atoms in total. The summed E-state index contributed by atoms with van der Waals surface area (Å²) in [5.41, 5.74) is -1.66. The zero-order valence-corrected chi connectivity index (χ0v) is 10.6. The third kappa shape index (κ3) is 3.50. The predicted octanol–water partition coefficient (Wildman–Crippen LogP) is 2.67. The van der Waals surface area contributed by atoms with Gasteiger partial charge < -0.3 is 14.4 Å². The molecule has 0 saturated heterocycles. The quantitative estimate of drug-likeness (QED) is 0.934. The molecule has 9 heteroatoms. The van der Waals surface area contributed by atoms with E-state index in [1.807, 2.05) is 0 Å². The summed E-state index contributed by atoms with van der Waals surface area (Å²) in [4.78, 5) is 14.5. The average Bonchev–Trinajstić information content (AvgIpc) is 2.81. The van der Waals surface area contributed by atoms with Crippen molar-refractivity contribution in [2.45, 2.75) is 19.7 Å². The highest BCUT2D eigenvalue weighted by molar-refractivity contribution is 5.88. The van der Waals surface area contributed by atoms with Crippen LogP contribution in [0.5, 0.6) is 5.75 Å². The van der Waals surface area contributed by atoms with Crippen molar-refractivity contribution in [1.29, 1.82) is 0 Å². The number of alkyl halides is 3. The van der Waals surface area contributed by atoms with Crippen molar-refractivity contribution in [3.8, 4) is 5.75 Å². The molecule has 0 aliphatic carbocycles. The SMILES string of the molecule is Cc1noc(COc2ccc(C(=O)O)cc2C(F)(F)F)n1. The maximum atomic E-state index is 12.9. The van der Waals surface area contributed by atoms with Crippen LogP contribution in [0.2, 0.25) is 0 Å². The van der Waals surface area contributed by atoms with Gasteiger partial charge in [-0.15, -0.1) is 0 Å². The Labute approximate surface area is 116 Å². The van der Waals surface area contributed by atoms with E-state index in [1.54, 1.807) is 6.92 Å². The van der Waals surface area contributed by atoms with E-state index < -0.39 is 29.0 Å². The first-order valence-corrected chi connectivity index (χ1v) is 5.64. The summed E-state index contributed by atoms with van der Waals surface area (Å²) in [6.45, 7) is 1.20. The molecule has 0 saturated carbocycles. The molecule has 0 radical (unpaired) electrons. The number of aromatic nitrogens is 2. The van der Waals surface area contributed by atoms with E-state index in [4.69, 9.17) is 14.4 Å². The number of carboxylic acid groups (broad SMARTS) is 1. The Morgan fingerprint density at radius 2 is 2.14 bits per heavy atom. The minimum atomic E-state index is -4.74. The Morgan fingerprint density at radius 3 is 2.67 bits per heavy atom. The largest absolute Gasteiger partial charge is 0.483 e. The molecule has 1 N–H and O–H groups in total. The van der Waals surface area contributed by atoms with E-state index in [1.165, 1.54) is 0 Å². The summed E-state index contributed by atoms with van der Waals surface area (Å²) < 4.78 is 48.4. The van der Waals surface area contributed by atoms with Crippen LogP contribution in [0.25, 0.3) is 0 Å². The fourth-order valence-electron chi connectivity index (χ4n) is 1.55. The second-order valence-corrected chi connectivity index (χ2v) is 4.04. The van der Waals surface area contributed by atoms with Gasteiger partial charge in [-0.2, -0.15) is 18.2 Å². The summed E-state index contributed by atoms with van der Waals surface area (Å²) in [5.74, 6) is -1.63. The molecule has 1 heterocycles. The minimum absolute atomic E-state index is 0.0166. The molecule has 0 amide bonds. The topological polar surface area (TPSA) is 85.5 Å². The van der Waals surface area contributed by atoms with E-state index >= 15 is 0 Å². The molecular formula is C12H9F3N2O4. The smallest absolute Gasteiger partial charge is 0.419 e. The molecular weight excluding hydrogens is 293 g/mol. The van der Waals surface area contributed by atoms with Crippen LogP contribution in [0.3, 0.4) is 0 Å². The number of halogens is 3. The van der Waals surface area contributed by atoms with Crippen LogP contribution >= 0.6 is 0 Å². The molecule has 0 aliphatic heterocycles. The first kappa shape index (κ1) is 14.8. The van der Waals surface area contributed by atoms with Crippen molar-refractivity contribution >= 4 is 5.97 Å². The second kappa shape index (κ2) is 5.43. The zero-order valence-electron chi connectivity index (χ0n) is 10.6. The lowest BCUT2D eigenvalue weighted by atomic mass is 10.1. The van der Waals surface area contributed by atoms with Crippen LogP contribution in [0, 0.1) is 6.92 Å². The van der Waals surface area contributed by atoms with Gasteiger partial charge in [0.25, 0.3) is 5.89 Å². The van der Waals surface area contributed by atoms with Crippen molar-refractivity contribution in [1.82, 2.24) is 10.1 Å². The highest BCUT2D eigenvalue weighted by Crippen LogP contribution is 2.37. The standard InChI is InChI=1S/C12H9F3N2O4/c1-6-16-10(21-17-6)5-20-9-3-2-7(11(18)19)4-8(9)12(13,14)15/h2-4H,5H2,1H3,(H,18,19). The molecule has 0 spiro atoms. The first-order chi connectivity index (χ1) is 9.77. The van der Waals surface area contributed by atoms with Gasteiger partial charge in [-0.3, -0.25) is 0 Å². The van der Waals surface area contributed by atoms with Crippen LogP contribution in [0.15, 0.2) is 22.7 Å². The number of hydrogen-bond acceptors (Lipinski definition) is 5. The lowest BCUT2D eigenvalue weighted by Crippen LogP contribution is -2.11. The fraction of sp³-hybridized carbons (Fsp3) is 0.250. The van der Waals surface area contributed by atoms with Gasteiger partial charge in [-0.25, -0.2) is 4.79 Å². The molecule has 0 atom stereocenters. The van der Waals surface area contributed by atoms with Gasteiger partial charge in [0.1, 0.15) is 5.75 Å². The number of hydrogen-bond donors (Lipinski definition) is 1. The summed E-state index contributed by atoms with van der Waals surface area (Å²) in [7, 11) is 0. The number of aryl methyl sites for hydroxylation is 1. The van der Waals surface area contributed by atoms with Gasteiger partial charge in [-0.1, -0.05) is 5.16 Å². The van der Waals surface area contributed by atoms with Crippen molar-refractivity contribution in [2.75, 3.05) is 0 Å². The molecule has 1 aromatic heterocycles. The van der Waals surface area contributed by atoms with Crippen molar-refractivity contribution in [2.24, 2.45) is 0 Å². The van der Waals surface area contributed by atoms with Gasteiger partial charge in [0.2, 0.25) is 0 Å². The van der Waals surface area contributed by atoms with Gasteiger partial charge >= 0.3 is 12.1 Å². The summed E-state index contributed by atoms with van der Waals surface area (Å²) >= 11 is 0. The van der Waals surface area contributed by atoms with E-state index in [-0.39, 0.29) is 12.5 Å². The maximum absolute atomic E-state index is 12.9. The Morgan fingerprint density at radius 1 is 1.43 bits per heavy atom. The Balaban J connectivity index is 2.27. The zero-order chi connectivity index (χ0) is 15.6. The number of nitrogens with zero attached hydrogens (tertiary/aromatic N) is 2. The van der Waals surface area contributed by atoms with Crippen LogP contribution in [-0.2, 0) is 12.8 Å². The van der Waals surface area contributed by atoms with E-state index in [0.717, 1.165) is 12.1 Å². The molecule has 0 bridgehead atoms. The molecule has 2 rings (SSSR count). The van der Waals surface area contributed by atoms with E-state index in [2.05, 4.69) is 10.1 Å². The van der Waals surface area contributed by atoms with Gasteiger partial charge in [0.15, 0.2) is 12.4 Å². The Hall–Kier alpha value is -2.58. The Bertz CT molecular complexity index is 667. The molecule has 2 aromatic rings. The molecule has 1 aromatic carbocycles. The lowest BCUT2D eigenvalue weighted by molar-refractivity contribution is -0.139. The van der Waals surface area contributed by atoms with Crippen LogP contribution in [-0.4, -0.2) is 21.2 Å². The average molecular weight is 302 g/mol. The fourth-order valence-corrected chi connectivity index (χ4v) is 1.55. The third-order valence-corrected chi connectivity index (χ3v) is 2.45. The third-order valence-electron chi connectivity index (χ3n) is 2.45. The maximum Gasteiger partial charge on any atom is 0.419 e. The normalized spacial score (nSPS) is 11.4. The van der Waals surface area contributed by atoms with Crippen molar-refractivity contribution in [3.63, 3.8) is 0 Å². The van der Waals surface area contributed by atoms with E-state index in [9.17, 15) is 18.0 Å². The number of aromatic carboxylic acids is 1.